The predicted octanol–water partition coefficient (Wildman–Crippen LogP) is 7.60. The molecule has 1 aliphatic carbocycles. The average molecular weight is 537 g/mol. The lowest BCUT2D eigenvalue weighted by atomic mass is 9.96. The van der Waals surface area contributed by atoms with Gasteiger partial charge in [0.15, 0.2) is 5.11 Å². The van der Waals surface area contributed by atoms with E-state index in [4.69, 9.17) is 21.9 Å². The zero-order valence-corrected chi connectivity index (χ0v) is 24.0. The first-order chi connectivity index (χ1) is 18.9. The van der Waals surface area contributed by atoms with Crippen LogP contribution in [-0.2, 0) is 0 Å². The van der Waals surface area contributed by atoms with Gasteiger partial charge in [-0.3, -0.25) is 4.98 Å². The average Bonchev–Trinajstić information content (AvgIpc) is 3.65. The summed E-state index contributed by atoms with van der Waals surface area (Å²) in [6, 6.07) is 23.2. The summed E-state index contributed by atoms with van der Waals surface area (Å²) in [5, 5.41) is 4.32. The summed E-state index contributed by atoms with van der Waals surface area (Å²) < 4.78 is 8.63. The molecule has 0 unspecified atom stereocenters. The molecule has 5 nitrogen and oxygen atoms in total. The largest absolute Gasteiger partial charge is 0.490 e. The van der Waals surface area contributed by atoms with E-state index in [0.717, 1.165) is 30.0 Å². The van der Waals surface area contributed by atoms with E-state index in [1.165, 1.54) is 46.6 Å². The molecule has 1 aliphatic heterocycles. The van der Waals surface area contributed by atoms with E-state index < -0.39 is 0 Å². The quantitative estimate of drug-likeness (QED) is 0.257. The van der Waals surface area contributed by atoms with Gasteiger partial charge < -0.3 is 19.5 Å². The number of benzene rings is 2. The van der Waals surface area contributed by atoms with Gasteiger partial charge in [0.1, 0.15) is 5.75 Å². The van der Waals surface area contributed by atoms with Gasteiger partial charge in [0.2, 0.25) is 0 Å². The van der Waals surface area contributed by atoms with E-state index in [1.807, 2.05) is 18.3 Å². The first-order valence-corrected chi connectivity index (χ1v) is 14.4. The molecule has 6 heteroatoms. The van der Waals surface area contributed by atoms with Crippen LogP contribution in [0.4, 0.5) is 5.69 Å². The van der Waals surface area contributed by atoms with Crippen LogP contribution in [0.1, 0.15) is 71.5 Å². The van der Waals surface area contributed by atoms with Crippen LogP contribution in [0.5, 0.6) is 5.75 Å². The van der Waals surface area contributed by atoms with Crippen molar-refractivity contribution in [1.29, 1.82) is 0 Å². The van der Waals surface area contributed by atoms with Gasteiger partial charge in [-0.15, -0.1) is 0 Å². The molecule has 2 aromatic carbocycles. The van der Waals surface area contributed by atoms with Crippen molar-refractivity contribution < 1.29 is 4.74 Å². The number of pyridine rings is 1. The van der Waals surface area contributed by atoms with Crippen LogP contribution >= 0.6 is 12.2 Å². The maximum absolute atomic E-state index is 6.25. The zero-order chi connectivity index (χ0) is 27.1. The summed E-state index contributed by atoms with van der Waals surface area (Å²) >= 11 is 5.99. The Hall–Kier alpha value is -3.64. The highest BCUT2D eigenvalue weighted by molar-refractivity contribution is 7.80. The Bertz CT molecular complexity index is 1490. The third-order valence-corrected chi connectivity index (χ3v) is 8.74. The number of nitrogens with zero attached hydrogens (tertiary/aromatic N) is 3. The number of anilines is 1. The summed E-state index contributed by atoms with van der Waals surface area (Å²) in [5.74, 6) is 0.926. The molecule has 4 aromatic rings. The summed E-state index contributed by atoms with van der Waals surface area (Å²) in [6.07, 6.45) is 6.99. The SMILES string of the molecule is Cc1cccc(-n2c(C)cc([C@H]3[C@H](c4ccccn4)NC(=S)N3c3ccc(OC4CCCC4)cc3)c2C)c1C. The standard InChI is InChI=1S/C33H36N4OS/c1-21-10-9-14-30(23(21)3)36-22(2)20-28(24(36)4)32-31(29-13-7-8-19-34-29)35-33(39)37(32)25-15-17-27(18-16-25)38-26-11-5-6-12-26/h7-10,13-20,26,31-32H,5-6,11-12H2,1-4H3,(H,35,39)/t31-,32-/m0/s1. The molecule has 0 radical (unpaired) electrons. The number of hydrogen-bond donors (Lipinski definition) is 1. The highest BCUT2D eigenvalue weighted by atomic mass is 32.1. The van der Waals surface area contributed by atoms with E-state index in [1.54, 1.807) is 0 Å². The number of thiocarbonyl (C=S) groups is 1. The smallest absolute Gasteiger partial charge is 0.174 e. The first kappa shape index (κ1) is 25.6. The van der Waals surface area contributed by atoms with Gasteiger partial charge in [-0.25, -0.2) is 0 Å². The normalized spacial score (nSPS) is 19.5. The molecule has 0 spiro atoms. The molecule has 200 valence electrons. The number of ether oxygens (including phenoxy) is 1. The van der Waals surface area contributed by atoms with Crippen molar-refractivity contribution in [2.45, 2.75) is 71.6 Å². The summed E-state index contributed by atoms with van der Waals surface area (Å²) in [4.78, 5) is 6.99. The minimum atomic E-state index is -0.0827. The van der Waals surface area contributed by atoms with Gasteiger partial charge in [0, 0.05) is 29.0 Å². The molecule has 2 atom stereocenters. The van der Waals surface area contributed by atoms with Crippen molar-refractivity contribution in [2.24, 2.45) is 0 Å². The van der Waals surface area contributed by atoms with Crippen LogP contribution in [-0.4, -0.2) is 20.8 Å². The Morgan fingerprint density at radius 2 is 1.69 bits per heavy atom. The van der Waals surface area contributed by atoms with Gasteiger partial charge in [0.05, 0.1) is 23.9 Å². The fourth-order valence-electron chi connectivity index (χ4n) is 6.27. The third kappa shape index (κ3) is 4.71. The van der Waals surface area contributed by atoms with Gasteiger partial charge >= 0.3 is 0 Å². The Kier molecular flexibility index (Phi) is 6.90. The Labute approximate surface area is 236 Å². The van der Waals surface area contributed by atoms with E-state index >= 15 is 0 Å². The monoisotopic (exact) mass is 536 g/mol. The number of hydrogen-bond acceptors (Lipinski definition) is 3. The van der Waals surface area contributed by atoms with Gasteiger partial charge in [-0.05, 0) is 131 Å². The zero-order valence-electron chi connectivity index (χ0n) is 23.1. The Balaban J connectivity index is 1.43. The van der Waals surface area contributed by atoms with Crippen LogP contribution in [0.25, 0.3) is 5.69 Å². The summed E-state index contributed by atoms with van der Waals surface area (Å²) in [6.45, 7) is 8.78. The van der Waals surface area contributed by atoms with E-state index in [2.05, 4.69) is 97.1 Å². The molecule has 2 aliphatic rings. The van der Waals surface area contributed by atoms with Crippen molar-refractivity contribution in [3.63, 3.8) is 0 Å². The fourth-order valence-corrected chi connectivity index (χ4v) is 6.61. The van der Waals surface area contributed by atoms with Crippen LogP contribution in [0.15, 0.2) is 72.9 Å². The van der Waals surface area contributed by atoms with Crippen molar-refractivity contribution >= 4 is 23.0 Å². The predicted molar refractivity (Wildman–Crippen MR) is 162 cm³/mol. The number of aromatic nitrogens is 2. The molecule has 3 heterocycles. The summed E-state index contributed by atoms with van der Waals surface area (Å²) in [7, 11) is 0. The molecule has 1 saturated carbocycles. The van der Waals surface area contributed by atoms with Gasteiger partial charge in [-0.1, -0.05) is 18.2 Å². The van der Waals surface area contributed by atoms with Crippen molar-refractivity contribution in [3.8, 4) is 11.4 Å². The lowest BCUT2D eigenvalue weighted by molar-refractivity contribution is 0.210. The molecular weight excluding hydrogens is 500 g/mol. The highest BCUT2D eigenvalue weighted by Gasteiger charge is 2.42. The Morgan fingerprint density at radius 1 is 0.923 bits per heavy atom. The van der Waals surface area contributed by atoms with Crippen LogP contribution in [0, 0.1) is 27.7 Å². The molecular formula is C33H36N4OS. The number of aryl methyl sites for hydroxylation is 2. The maximum Gasteiger partial charge on any atom is 0.174 e. The van der Waals surface area contributed by atoms with E-state index in [0.29, 0.717) is 11.2 Å². The van der Waals surface area contributed by atoms with Crippen LogP contribution in [0.2, 0.25) is 0 Å². The Morgan fingerprint density at radius 3 is 2.41 bits per heavy atom. The topological polar surface area (TPSA) is 42.3 Å². The highest BCUT2D eigenvalue weighted by Crippen LogP contribution is 2.44. The molecule has 0 bridgehead atoms. The maximum atomic E-state index is 6.25. The molecule has 6 rings (SSSR count). The van der Waals surface area contributed by atoms with Gasteiger partial charge in [0.25, 0.3) is 0 Å². The minimum absolute atomic E-state index is 0.0564. The molecule has 0 amide bonds. The minimum Gasteiger partial charge on any atom is -0.490 e. The van der Waals surface area contributed by atoms with E-state index in [-0.39, 0.29) is 12.1 Å². The van der Waals surface area contributed by atoms with Crippen molar-refractivity contribution in [1.82, 2.24) is 14.9 Å². The second kappa shape index (κ2) is 10.5. The van der Waals surface area contributed by atoms with Crippen molar-refractivity contribution in [2.75, 3.05) is 4.90 Å². The van der Waals surface area contributed by atoms with E-state index in [9.17, 15) is 0 Å². The molecule has 39 heavy (non-hydrogen) atoms. The molecule has 2 aromatic heterocycles. The van der Waals surface area contributed by atoms with Gasteiger partial charge in [-0.2, -0.15) is 0 Å². The fraction of sp³-hybridized carbons (Fsp3) is 0.333. The second-order valence-electron chi connectivity index (χ2n) is 10.9. The lowest BCUT2D eigenvalue weighted by Crippen LogP contribution is -2.29. The van der Waals surface area contributed by atoms with Crippen LogP contribution < -0.4 is 15.0 Å². The first-order valence-electron chi connectivity index (χ1n) is 13.9. The number of nitrogens with one attached hydrogen (secondary N) is 1. The molecule has 1 N–H and O–H groups in total. The molecule has 1 saturated heterocycles. The molecule has 2 fully saturated rings. The second-order valence-corrected chi connectivity index (χ2v) is 11.3. The van der Waals surface area contributed by atoms with Crippen molar-refractivity contribution in [3.05, 3.63) is 107 Å². The number of rotatable bonds is 6. The lowest BCUT2D eigenvalue weighted by Gasteiger charge is -2.28. The third-order valence-electron chi connectivity index (χ3n) is 8.42. The summed E-state index contributed by atoms with van der Waals surface area (Å²) in [5.41, 5.74) is 9.48. The van der Waals surface area contributed by atoms with Crippen LogP contribution in [0.3, 0.4) is 0 Å².